The lowest BCUT2D eigenvalue weighted by atomic mass is 9.97. The highest BCUT2D eigenvalue weighted by atomic mass is 16.3. The predicted octanol–water partition coefficient (Wildman–Crippen LogP) is 7.00. The van der Waals surface area contributed by atoms with E-state index >= 15 is 0 Å². The number of Topliss-reactive ketones (excluding diaryl/α,β-unsaturated/α-hetero) is 1. The van der Waals surface area contributed by atoms with Crippen LogP contribution in [0.1, 0.15) is 50.4 Å². The van der Waals surface area contributed by atoms with Gasteiger partial charge in [-0.25, -0.2) is 0 Å². The zero-order valence-corrected chi connectivity index (χ0v) is 16.3. The summed E-state index contributed by atoms with van der Waals surface area (Å²) in [7, 11) is 0. The van der Waals surface area contributed by atoms with Crippen molar-refractivity contribution in [1.82, 2.24) is 0 Å². The number of aryl methyl sites for hydroxylation is 1. The van der Waals surface area contributed by atoms with Crippen LogP contribution >= 0.6 is 0 Å². The third-order valence-corrected chi connectivity index (χ3v) is 4.72. The Labute approximate surface area is 162 Å². The van der Waals surface area contributed by atoms with Crippen molar-refractivity contribution in [2.45, 2.75) is 52.4 Å². The second-order valence-corrected chi connectivity index (χ2v) is 7.04. The minimum Gasteiger partial charge on any atom is -0.460 e. The Balaban J connectivity index is 0.000000637. The van der Waals surface area contributed by atoms with Crippen molar-refractivity contribution in [3.05, 3.63) is 72.0 Å². The summed E-state index contributed by atoms with van der Waals surface area (Å²) in [4.78, 5) is 11.7. The van der Waals surface area contributed by atoms with Gasteiger partial charge in [-0.1, -0.05) is 86.8 Å². The lowest BCUT2D eigenvalue weighted by Gasteiger charge is -2.04. The first-order chi connectivity index (χ1) is 13.2. The molecule has 140 valence electrons. The number of rotatable bonds is 6. The molecular weight excluding hydrogens is 332 g/mol. The first-order valence-corrected chi connectivity index (χ1v) is 9.95. The summed E-state index contributed by atoms with van der Waals surface area (Å²) in [5, 5.41) is 0. The van der Waals surface area contributed by atoms with Gasteiger partial charge in [0.1, 0.15) is 17.3 Å². The molecule has 0 aliphatic heterocycles. The van der Waals surface area contributed by atoms with E-state index in [2.05, 4.69) is 31.2 Å². The average Bonchev–Trinajstić information content (AvgIpc) is 3.57. The van der Waals surface area contributed by atoms with Crippen LogP contribution in [0.2, 0.25) is 0 Å². The van der Waals surface area contributed by atoms with E-state index in [1.54, 1.807) is 0 Å². The van der Waals surface area contributed by atoms with Gasteiger partial charge in [0, 0.05) is 30.4 Å². The van der Waals surface area contributed by atoms with Gasteiger partial charge in [0.2, 0.25) is 0 Å². The van der Waals surface area contributed by atoms with E-state index in [0.717, 1.165) is 33.8 Å². The molecule has 1 aromatic heterocycles. The van der Waals surface area contributed by atoms with Crippen molar-refractivity contribution in [2.24, 2.45) is 0 Å². The number of carbonyl (C=O) groups excluding carboxylic acids is 1. The van der Waals surface area contributed by atoms with Crippen LogP contribution in [-0.2, 0) is 11.2 Å². The van der Waals surface area contributed by atoms with Gasteiger partial charge in [0.25, 0.3) is 0 Å². The number of furan rings is 1. The highest BCUT2D eigenvalue weighted by Gasteiger charge is 2.20. The second kappa shape index (κ2) is 9.36. The van der Waals surface area contributed by atoms with Crippen molar-refractivity contribution in [3.63, 3.8) is 0 Å². The Hall–Kier alpha value is -2.61. The van der Waals surface area contributed by atoms with Gasteiger partial charge in [0.15, 0.2) is 0 Å². The summed E-state index contributed by atoms with van der Waals surface area (Å²) in [5.74, 6) is 2.07. The van der Waals surface area contributed by atoms with Gasteiger partial charge >= 0.3 is 0 Å². The standard InChI is InChI=1S/C22H22O2.C3H6/c1-3-19(23)14-15-20-16(2)21(17-10-6-4-7-11-17)22(24-20)18-12-8-5-9-13-18;1-2-3-1/h4-13H,3,14-15H2,1-2H3;1-3H2. The first-order valence-electron chi connectivity index (χ1n) is 9.95. The highest BCUT2D eigenvalue weighted by molar-refractivity contribution is 5.83. The van der Waals surface area contributed by atoms with Crippen LogP contribution in [0.4, 0.5) is 0 Å². The summed E-state index contributed by atoms with van der Waals surface area (Å²) in [6.07, 6.45) is 6.27. The fraction of sp³-hybridized carbons (Fsp3) is 0.320. The molecular formula is C25H28O2. The zero-order valence-electron chi connectivity index (χ0n) is 16.3. The third-order valence-electron chi connectivity index (χ3n) is 4.72. The summed E-state index contributed by atoms with van der Waals surface area (Å²) in [6.45, 7) is 3.99. The van der Waals surface area contributed by atoms with Crippen LogP contribution in [0.5, 0.6) is 0 Å². The molecule has 0 amide bonds. The molecule has 0 bridgehead atoms. The van der Waals surface area contributed by atoms with Crippen molar-refractivity contribution in [3.8, 4) is 22.5 Å². The Bertz CT molecular complexity index is 855. The van der Waals surface area contributed by atoms with Gasteiger partial charge in [-0.05, 0) is 18.1 Å². The molecule has 0 N–H and O–H groups in total. The zero-order chi connectivity index (χ0) is 19.1. The van der Waals surface area contributed by atoms with E-state index < -0.39 is 0 Å². The second-order valence-electron chi connectivity index (χ2n) is 7.04. The van der Waals surface area contributed by atoms with Gasteiger partial charge < -0.3 is 4.42 Å². The van der Waals surface area contributed by atoms with E-state index in [-0.39, 0.29) is 5.78 Å². The fourth-order valence-electron chi connectivity index (χ4n) is 2.97. The summed E-state index contributed by atoms with van der Waals surface area (Å²) in [6, 6.07) is 20.5. The molecule has 1 fully saturated rings. The van der Waals surface area contributed by atoms with Gasteiger partial charge in [-0.2, -0.15) is 0 Å². The number of benzene rings is 2. The van der Waals surface area contributed by atoms with Crippen LogP contribution in [0, 0.1) is 6.92 Å². The first kappa shape index (κ1) is 19.2. The molecule has 4 rings (SSSR count). The van der Waals surface area contributed by atoms with E-state index in [1.165, 1.54) is 19.3 Å². The van der Waals surface area contributed by atoms with Crippen LogP contribution in [0.15, 0.2) is 65.1 Å². The number of hydrogen-bond donors (Lipinski definition) is 0. The third kappa shape index (κ3) is 5.19. The predicted molar refractivity (Wildman–Crippen MR) is 112 cm³/mol. The molecule has 2 aromatic carbocycles. The lowest BCUT2D eigenvalue weighted by molar-refractivity contribution is -0.118. The summed E-state index contributed by atoms with van der Waals surface area (Å²) in [5.41, 5.74) is 4.46. The largest absolute Gasteiger partial charge is 0.460 e. The van der Waals surface area contributed by atoms with Gasteiger partial charge in [0.05, 0.1) is 0 Å². The molecule has 1 saturated carbocycles. The molecule has 1 aliphatic rings. The summed E-state index contributed by atoms with van der Waals surface area (Å²) >= 11 is 0. The quantitative estimate of drug-likeness (QED) is 0.473. The summed E-state index contributed by atoms with van der Waals surface area (Å²) < 4.78 is 6.23. The maximum atomic E-state index is 11.7. The molecule has 0 unspecified atom stereocenters. The van der Waals surface area contributed by atoms with Crippen molar-refractivity contribution < 1.29 is 9.21 Å². The van der Waals surface area contributed by atoms with Crippen molar-refractivity contribution in [2.75, 3.05) is 0 Å². The van der Waals surface area contributed by atoms with Crippen LogP contribution in [0.3, 0.4) is 0 Å². The van der Waals surface area contributed by atoms with E-state index in [9.17, 15) is 4.79 Å². The maximum Gasteiger partial charge on any atom is 0.142 e. The van der Waals surface area contributed by atoms with Crippen LogP contribution < -0.4 is 0 Å². The minimum absolute atomic E-state index is 0.272. The molecule has 3 aromatic rings. The van der Waals surface area contributed by atoms with Crippen LogP contribution in [0.25, 0.3) is 22.5 Å². The Morgan fingerprint density at radius 1 is 0.889 bits per heavy atom. The normalized spacial score (nSPS) is 12.2. The highest BCUT2D eigenvalue weighted by Crippen LogP contribution is 2.39. The lowest BCUT2D eigenvalue weighted by Crippen LogP contribution is -1.97. The SMILES string of the molecule is C1CC1.CCC(=O)CCc1oc(-c2ccccc2)c(-c2ccccc2)c1C. The molecule has 0 atom stereocenters. The van der Waals surface area contributed by atoms with E-state index in [1.807, 2.05) is 43.3 Å². The fourth-order valence-corrected chi connectivity index (χ4v) is 2.97. The monoisotopic (exact) mass is 360 g/mol. The van der Waals surface area contributed by atoms with Crippen LogP contribution in [-0.4, -0.2) is 5.78 Å². The molecule has 1 aliphatic carbocycles. The Kier molecular flexibility index (Phi) is 6.64. The average molecular weight is 360 g/mol. The van der Waals surface area contributed by atoms with E-state index in [0.29, 0.717) is 19.3 Å². The molecule has 27 heavy (non-hydrogen) atoms. The smallest absolute Gasteiger partial charge is 0.142 e. The van der Waals surface area contributed by atoms with Gasteiger partial charge in [-0.15, -0.1) is 0 Å². The Morgan fingerprint density at radius 2 is 1.44 bits per heavy atom. The number of ketones is 1. The van der Waals surface area contributed by atoms with E-state index in [4.69, 9.17) is 4.42 Å². The maximum absolute atomic E-state index is 11.7. The molecule has 0 spiro atoms. The Morgan fingerprint density at radius 3 is 1.96 bits per heavy atom. The molecule has 2 heteroatoms. The van der Waals surface area contributed by atoms with Crippen molar-refractivity contribution >= 4 is 5.78 Å². The molecule has 0 radical (unpaired) electrons. The topological polar surface area (TPSA) is 30.2 Å². The number of hydrogen-bond acceptors (Lipinski definition) is 2. The molecule has 0 saturated heterocycles. The molecule has 2 nitrogen and oxygen atoms in total. The van der Waals surface area contributed by atoms with Crippen molar-refractivity contribution in [1.29, 1.82) is 0 Å². The van der Waals surface area contributed by atoms with Gasteiger partial charge in [-0.3, -0.25) is 4.79 Å². The molecule has 1 heterocycles. The number of carbonyl (C=O) groups is 1. The minimum atomic E-state index is 0.272.